The van der Waals surface area contributed by atoms with Crippen LogP contribution in [0.1, 0.15) is 50.4 Å². The van der Waals surface area contributed by atoms with Crippen LogP contribution >= 0.6 is 11.6 Å². The highest BCUT2D eigenvalue weighted by Crippen LogP contribution is 2.27. The number of carbonyl (C=O) groups excluding carboxylic acids is 3. The second-order valence-electron chi connectivity index (χ2n) is 10.1. The molecule has 204 valence electrons. The van der Waals surface area contributed by atoms with Gasteiger partial charge < -0.3 is 26.3 Å². The van der Waals surface area contributed by atoms with Crippen molar-refractivity contribution in [2.75, 3.05) is 25.6 Å². The Kier molecular flexibility index (Phi) is 10.3. The number of aliphatic imine (C=N–C) groups is 1. The molecule has 0 saturated carbocycles. The van der Waals surface area contributed by atoms with E-state index < -0.39 is 45.2 Å². The third-order valence-electron chi connectivity index (χ3n) is 5.92. The Balaban J connectivity index is 2.23. The van der Waals surface area contributed by atoms with Crippen LogP contribution in [-0.4, -0.2) is 75.2 Å². The van der Waals surface area contributed by atoms with Crippen LogP contribution < -0.4 is 16.4 Å². The third-order valence-corrected chi connectivity index (χ3v) is 6.90. The van der Waals surface area contributed by atoms with Crippen LogP contribution in [0.4, 0.5) is 5.69 Å². The van der Waals surface area contributed by atoms with E-state index in [1.54, 1.807) is 13.3 Å². The first kappa shape index (κ1) is 30.3. The van der Waals surface area contributed by atoms with Crippen molar-refractivity contribution >= 4 is 51.1 Å². The number of nitrogen functional groups attached to an aromatic ring is 1. The minimum absolute atomic E-state index is 0.232. The number of carbonyl (C=O) groups is 3. The molecule has 0 spiro atoms. The molecule has 2 rings (SSSR count). The van der Waals surface area contributed by atoms with Crippen LogP contribution in [-0.2, 0) is 19.4 Å². The Morgan fingerprint density at radius 2 is 1.95 bits per heavy atom. The van der Waals surface area contributed by atoms with Crippen molar-refractivity contribution in [3.8, 4) is 0 Å². The first-order chi connectivity index (χ1) is 17.1. The summed E-state index contributed by atoms with van der Waals surface area (Å²) in [5.41, 5.74) is 5.67. The molecule has 0 bridgehead atoms. The second-order valence-corrected chi connectivity index (χ2v) is 12.5. The number of halogens is 1. The average Bonchev–Trinajstić information content (AvgIpc) is 3.29. The van der Waals surface area contributed by atoms with E-state index in [-0.39, 0.29) is 16.5 Å². The molecule has 37 heavy (non-hydrogen) atoms. The Hall–Kier alpha value is -2.92. The number of hydrogen-bond donors (Lipinski definition) is 3. The fraction of sp³-hybridized carbons (Fsp3) is 0.520. The zero-order valence-electron chi connectivity index (χ0n) is 21.8. The van der Waals surface area contributed by atoms with E-state index in [1.807, 2.05) is 20.8 Å². The minimum Gasteiger partial charge on any atom is -0.398 e. The van der Waals surface area contributed by atoms with Crippen molar-refractivity contribution in [2.45, 2.75) is 58.2 Å². The molecule has 0 radical (unpaired) electrons. The number of likely N-dealkylation sites (tertiary alicyclic amines) is 1. The summed E-state index contributed by atoms with van der Waals surface area (Å²) in [5, 5.41) is 6.89. The topological polar surface area (TPSA) is 151 Å². The van der Waals surface area contributed by atoms with Crippen molar-refractivity contribution in [1.82, 2.24) is 15.5 Å². The third kappa shape index (κ3) is 8.85. The minimum atomic E-state index is -3.39. The molecule has 1 fully saturated rings. The lowest BCUT2D eigenvalue weighted by Crippen LogP contribution is -2.58. The van der Waals surface area contributed by atoms with E-state index in [1.165, 1.54) is 29.2 Å². The molecule has 1 heterocycles. The molecule has 1 aliphatic rings. The van der Waals surface area contributed by atoms with Gasteiger partial charge in [-0.1, -0.05) is 38.4 Å². The standard InChI is InChI=1S/C25H36ClN5O5S/c1-25(2,3)21(30-22(32)16-8-9-19(27)18(26)15-16)24(34)31-13-6-7-20(31)23(33)29-17(10-12-28-4)11-14-37(5,35)36/h8-9,11-12,14-15,17,20-21H,6-7,10,13,27H2,1-5H3,(H,29,33)(H,30,32)/b14-11+,28-12?/t17-,20+,21+/m0/s1. The summed E-state index contributed by atoms with van der Waals surface area (Å²) in [6.45, 7) is 5.83. The molecule has 1 saturated heterocycles. The number of hydrogen-bond acceptors (Lipinski definition) is 7. The first-order valence-electron chi connectivity index (χ1n) is 11.9. The highest BCUT2D eigenvalue weighted by molar-refractivity contribution is 7.93. The highest BCUT2D eigenvalue weighted by Gasteiger charge is 2.42. The van der Waals surface area contributed by atoms with Gasteiger partial charge in [0.15, 0.2) is 9.84 Å². The van der Waals surface area contributed by atoms with Gasteiger partial charge in [0.1, 0.15) is 12.1 Å². The summed E-state index contributed by atoms with van der Waals surface area (Å²) in [6, 6.07) is 2.19. The molecule has 1 aliphatic heterocycles. The number of nitrogens with two attached hydrogens (primary N) is 1. The van der Waals surface area contributed by atoms with E-state index in [9.17, 15) is 22.8 Å². The van der Waals surface area contributed by atoms with Crippen LogP contribution in [0.2, 0.25) is 5.02 Å². The van der Waals surface area contributed by atoms with Gasteiger partial charge in [-0.05, 0) is 36.5 Å². The maximum Gasteiger partial charge on any atom is 0.252 e. The Bertz CT molecular complexity index is 1180. The van der Waals surface area contributed by atoms with Gasteiger partial charge >= 0.3 is 0 Å². The van der Waals surface area contributed by atoms with Gasteiger partial charge in [-0.3, -0.25) is 14.4 Å². The molecular weight excluding hydrogens is 518 g/mol. The van der Waals surface area contributed by atoms with Gasteiger partial charge in [0.25, 0.3) is 5.91 Å². The number of nitrogens with one attached hydrogen (secondary N) is 2. The van der Waals surface area contributed by atoms with Crippen molar-refractivity contribution in [3.05, 3.63) is 40.3 Å². The lowest BCUT2D eigenvalue weighted by Gasteiger charge is -2.35. The fourth-order valence-corrected chi connectivity index (χ4v) is 4.58. The van der Waals surface area contributed by atoms with Gasteiger partial charge in [-0.15, -0.1) is 0 Å². The molecular formula is C25H36ClN5O5S. The van der Waals surface area contributed by atoms with Crippen LogP contribution in [0, 0.1) is 5.41 Å². The summed E-state index contributed by atoms with van der Waals surface area (Å²) in [7, 11) is -1.81. The predicted molar refractivity (Wildman–Crippen MR) is 146 cm³/mol. The van der Waals surface area contributed by atoms with Gasteiger partial charge in [-0.2, -0.15) is 0 Å². The largest absolute Gasteiger partial charge is 0.398 e. The van der Waals surface area contributed by atoms with Crippen molar-refractivity contribution < 1.29 is 22.8 Å². The smallest absolute Gasteiger partial charge is 0.252 e. The quantitative estimate of drug-likeness (QED) is 0.315. The number of nitrogens with zero attached hydrogens (tertiary/aromatic N) is 2. The summed E-state index contributed by atoms with van der Waals surface area (Å²) in [5.74, 6) is -1.26. The summed E-state index contributed by atoms with van der Waals surface area (Å²) in [6.07, 6.45) is 5.38. The number of amides is 3. The number of sulfone groups is 1. The lowest BCUT2D eigenvalue weighted by atomic mass is 9.85. The molecule has 3 amide bonds. The molecule has 10 nitrogen and oxygen atoms in total. The predicted octanol–water partition coefficient (Wildman–Crippen LogP) is 2.19. The molecule has 0 unspecified atom stereocenters. The monoisotopic (exact) mass is 553 g/mol. The zero-order valence-corrected chi connectivity index (χ0v) is 23.4. The van der Waals surface area contributed by atoms with Gasteiger partial charge in [-0.25, -0.2) is 8.42 Å². The average molecular weight is 554 g/mol. The van der Waals surface area contributed by atoms with E-state index in [0.29, 0.717) is 31.5 Å². The molecule has 0 aliphatic carbocycles. The number of rotatable bonds is 9. The van der Waals surface area contributed by atoms with Crippen molar-refractivity contribution in [1.29, 1.82) is 0 Å². The highest BCUT2D eigenvalue weighted by atomic mass is 35.5. The van der Waals surface area contributed by atoms with Crippen LogP contribution in [0.15, 0.2) is 34.7 Å². The van der Waals surface area contributed by atoms with Gasteiger partial charge in [0, 0.05) is 43.5 Å². The molecule has 12 heteroatoms. The van der Waals surface area contributed by atoms with Gasteiger partial charge in [0.2, 0.25) is 11.8 Å². The van der Waals surface area contributed by atoms with Crippen LogP contribution in [0.5, 0.6) is 0 Å². The van der Waals surface area contributed by atoms with Crippen LogP contribution in [0.3, 0.4) is 0 Å². The molecule has 3 atom stereocenters. The lowest BCUT2D eigenvalue weighted by molar-refractivity contribution is -0.142. The van der Waals surface area contributed by atoms with Crippen LogP contribution in [0.25, 0.3) is 0 Å². The first-order valence-corrected chi connectivity index (χ1v) is 14.2. The summed E-state index contributed by atoms with van der Waals surface area (Å²) in [4.78, 5) is 45.2. The summed E-state index contributed by atoms with van der Waals surface area (Å²) < 4.78 is 23.1. The van der Waals surface area contributed by atoms with E-state index in [2.05, 4.69) is 15.6 Å². The van der Waals surface area contributed by atoms with E-state index >= 15 is 0 Å². The second kappa shape index (κ2) is 12.6. The van der Waals surface area contributed by atoms with E-state index in [4.69, 9.17) is 17.3 Å². The number of benzene rings is 1. The van der Waals surface area contributed by atoms with Gasteiger partial charge in [0.05, 0.1) is 16.8 Å². The molecule has 4 N–H and O–H groups in total. The Morgan fingerprint density at radius 1 is 1.27 bits per heavy atom. The van der Waals surface area contributed by atoms with E-state index in [0.717, 1.165) is 11.7 Å². The van der Waals surface area contributed by atoms with Crippen molar-refractivity contribution in [2.24, 2.45) is 10.4 Å². The zero-order chi connectivity index (χ0) is 28.0. The summed E-state index contributed by atoms with van der Waals surface area (Å²) >= 11 is 6.05. The SMILES string of the molecule is CN=CC[C@@H](/C=C/S(C)(=O)=O)NC(=O)[C@H]1CCCN1C(=O)[C@@H](NC(=O)c1ccc(N)c(Cl)c1)C(C)(C)C. The van der Waals surface area contributed by atoms with Crippen molar-refractivity contribution in [3.63, 3.8) is 0 Å². The Labute approximate surface area is 223 Å². The maximum absolute atomic E-state index is 13.7. The normalized spacial score (nSPS) is 18.2. The fourth-order valence-electron chi connectivity index (χ4n) is 3.92. The molecule has 0 aromatic heterocycles. The maximum atomic E-state index is 13.7. The number of anilines is 1. The molecule has 1 aromatic rings. The Morgan fingerprint density at radius 3 is 2.51 bits per heavy atom. The molecule has 1 aromatic carbocycles.